The Bertz CT molecular complexity index is 535. The predicted octanol–water partition coefficient (Wildman–Crippen LogP) is 0.450. The Balaban J connectivity index is 2.67. The number of aromatic nitrogens is 2. The summed E-state index contributed by atoms with van der Waals surface area (Å²) in [6.07, 6.45) is 1.40. The molecular weight excluding hydrogens is 214 g/mol. The molecule has 0 bridgehead atoms. The van der Waals surface area contributed by atoms with Gasteiger partial charge in [0.2, 0.25) is 5.52 Å². The quantitative estimate of drug-likeness (QED) is 0.428. The lowest BCUT2D eigenvalue weighted by molar-refractivity contribution is -0.782. The van der Waals surface area contributed by atoms with Crippen LogP contribution < -0.4 is 9.64 Å². The van der Waals surface area contributed by atoms with Crippen LogP contribution in [0.2, 0.25) is 0 Å². The molecule has 0 spiro atoms. The third-order valence-electron chi connectivity index (χ3n) is 2.05. The molecule has 0 aliphatic rings. The average molecular weight is 223 g/mol. The van der Waals surface area contributed by atoms with Crippen LogP contribution in [0.3, 0.4) is 0 Å². The maximum absolute atomic E-state index is 11.4. The molecule has 84 valence electrons. The van der Waals surface area contributed by atoms with Gasteiger partial charge in [-0.05, 0) is 17.0 Å². The summed E-state index contributed by atoms with van der Waals surface area (Å²) in [4.78, 5) is 4.84. The highest BCUT2D eigenvalue weighted by atomic mass is 16.8. The van der Waals surface area contributed by atoms with Gasteiger partial charge in [-0.15, -0.1) is 0 Å². The number of rotatable bonds is 3. The van der Waals surface area contributed by atoms with E-state index < -0.39 is 0 Å². The Hall–Kier alpha value is -2.31. The molecular formula is C9H9N3O4. The van der Waals surface area contributed by atoms with Gasteiger partial charge in [0.25, 0.3) is 5.52 Å². The average Bonchev–Trinajstić information content (AvgIpc) is 2.69. The molecule has 16 heavy (non-hydrogen) atoms. The lowest BCUT2D eigenvalue weighted by Crippen LogP contribution is -2.23. The number of ether oxygens (including phenoxy) is 1. The largest absolute Gasteiger partial charge is 0.492 e. The molecule has 0 radical (unpaired) electrons. The molecule has 0 aliphatic heterocycles. The second-order valence-electron chi connectivity index (χ2n) is 2.90. The fraction of sp³-hybridized carbons (Fsp3) is 0.222. The molecule has 0 amide bonds. The van der Waals surface area contributed by atoms with Crippen LogP contribution in [0, 0.1) is 5.21 Å². The highest BCUT2D eigenvalue weighted by Gasteiger charge is 2.18. The van der Waals surface area contributed by atoms with Crippen molar-refractivity contribution in [3.63, 3.8) is 0 Å². The van der Waals surface area contributed by atoms with Crippen LogP contribution in [0.4, 0.5) is 0 Å². The zero-order valence-electron chi connectivity index (χ0n) is 8.71. The van der Waals surface area contributed by atoms with Crippen LogP contribution >= 0.6 is 0 Å². The Kier molecular flexibility index (Phi) is 2.59. The van der Waals surface area contributed by atoms with Crippen LogP contribution in [0.15, 0.2) is 21.9 Å². The highest BCUT2D eigenvalue weighted by molar-refractivity contribution is 5.96. The van der Waals surface area contributed by atoms with Crippen molar-refractivity contribution >= 4 is 17.2 Å². The van der Waals surface area contributed by atoms with Crippen LogP contribution in [0.1, 0.15) is 5.56 Å². The lowest BCUT2D eigenvalue weighted by atomic mass is 10.2. The molecule has 2 rings (SSSR count). The molecule has 0 atom stereocenters. The van der Waals surface area contributed by atoms with Crippen LogP contribution in [-0.2, 0) is 4.84 Å². The molecule has 0 fully saturated rings. The molecule has 0 saturated heterocycles. The third-order valence-corrected chi connectivity index (χ3v) is 2.05. The first kappa shape index (κ1) is 10.2. The molecule has 0 aliphatic carbocycles. The summed E-state index contributed by atoms with van der Waals surface area (Å²) in [5, 5.41) is 18.5. The van der Waals surface area contributed by atoms with Gasteiger partial charge in [0.05, 0.1) is 24.0 Å². The molecule has 2 aromatic rings. The standard InChI is InChI=1S/C9H9N3O4/c1-14-7-4-3-6(5-10-15-2)9-8(7)11-16-12(9)13/h3-5H,1-2H3/b10-5+. The summed E-state index contributed by atoms with van der Waals surface area (Å²) in [6, 6.07) is 3.33. The van der Waals surface area contributed by atoms with Gasteiger partial charge in [-0.3, -0.25) is 4.63 Å². The van der Waals surface area contributed by atoms with E-state index in [0.29, 0.717) is 21.7 Å². The fourth-order valence-corrected chi connectivity index (χ4v) is 1.35. The Morgan fingerprint density at radius 2 is 2.31 bits per heavy atom. The fourth-order valence-electron chi connectivity index (χ4n) is 1.35. The van der Waals surface area contributed by atoms with Crippen molar-refractivity contribution in [3.05, 3.63) is 22.9 Å². The summed E-state index contributed by atoms with van der Waals surface area (Å²) in [5.74, 6) is 0.461. The van der Waals surface area contributed by atoms with Gasteiger partial charge in [0.1, 0.15) is 7.11 Å². The van der Waals surface area contributed by atoms with Crippen LogP contribution in [0.25, 0.3) is 11.0 Å². The van der Waals surface area contributed by atoms with Gasteiger partial charge < -0.3 is 14.8 Å². The molecule has 7 nitrogen and oxygen atoms in total. The highest BCUT2D eigenvalue weighted by Crippen LogP contribution is 2.23. The van der Waals surface area contributed by atoms with E-state index in [4.69, 9.17) is 4.74 Å². The summed E-state index contributed by atoms with van der Waals surface area (Å²) in [6.45, 7) is 0. The normalized spacial score (nSPS) is 11.1. The van der Waals surface area contributed by atoms with Crippen molar-refractivity contribution in [1.29, 1.82) is 0 Å². The van der Waals surface area contributed by atoms with Crippen LogP contribution in [0.5, 0.6) is 5.75 Å². The van der Waals surface area contributed by atoms with E-state index in [9.17, 15) is 5.21 Å². The minimum Gasteiger partial charge on any atom is -0.492 e. The second-order valence-corrected chi connectivity index (χ2v) is 2.90. The van der Waals surface area contributed by atoms with Gasteiger partial charge in [0.15, 0.2) is 5.75 Å². The molecule has 0 saturated carbocycles. The molecule has 1 aromatic carbocycles. The summed E-state index contributed by atoms with van der Waals surface area (Å²) in [5.41, 5.74) is 1.13. The number of oxime groups is 1. The van der Waals surface area contributed by atoms with Gasteiger partial charge >= 0.3 is 0 Å². The number of methoxy groups -OCH3 is 1. The number of fused-ring (bicyclic) bond motifs is 1. The van der Waals surface area contributed by atoms with E-state index in [-0.39, 0.29) is 5.52 Å². The van der Waals surface area contributed by atoms with E-state index in [2.05, 4.69) is 19.8 Å². The SMILES string of the molecule is CO/N=C/c1ccc(OC)c2no[n+]([O-])c12. The zero-order valence-corrected chi connectivity index (χ0v) is 8.71. The Labute approximate surface area is 90.4 Å². The first-order valence-corrected chi connectivity index (χ1v) is 4.41. The Morgan fingerprint density at radius 3 is 3.00 bits per heavy atom. The molecule has 1 heterocycles. The minimum atomic E-state index is 0.250. The molecule has 7 heteroatoms. The van der Waals surface area contributed by atoms with Crippen molar-refractivity contribution in [2.24, 2.45) is 5.16 Å². The molecule has 0 N–H and O–H groups in total. The lowest BCUT2D eigenvalue weighted by Gasteiger charge is -1.98. The summed E-state index contributed by atoms with van der Waals surface area (Å²) >= 11 is 0. The number of hydrogen-bond donors (Lipinski definition) is 0. The monoisotopic (exact) mass is 223 g/mol. The number of hydrogen-bond acceptors (Lipinski definition) is 6. The predicted molar refractivity (Wildman–Crippen MR) is 54.1 cm³/mol. The number of nitrogens with zero attached hydrogens (tertiary/aromatic N) is 3. The summed E-state index contributed by atoms with van der Waals surface area (Å²) in [7, 11) is 2.90. The van der Waals surface area contributed by atoms with E-state index >= 15 is 0 Å². The molecule has 0 unspecified atom stereocenters. The van der Waals surface area contributed by atoms with E-state index in [1.807, 2.05) is 0 Å². The zero-order chi connectivity index (χ0) is 11.5. The van der Waals surface area contributed by atoms with Crippen molar-refractivity contribution in [1.82, 2.24) is 5.16 Å². The smallest absolute Gasteiger partial charge is 0.290 e. The first-order valence-electron chi connectivity index (χ1n) is 4.41. The van der Waals surface area contributed by atoms with Gasteiger partial charge in [-0.25, -0.2) is 0 Å². The summed E-state index contributed by atoms with van der Waals surface area (Å²) < 4.78 is 9.56. The maximum Gasteiger partial charge on any atom is 0.290 e. The second kappa shape index (κ2) is 4.05. The van der Waals surface area contributed by atoms with Gasteiger partial charge in [-0.2, -0.15) is 0 Å². The topological polar surface area (TPSA) is 83.8 Å². The molecule has 1 aromatic heterocycles. The van der Waals surface area contributed by atoms with Crippen LogP contribution in [-0.4, -0.2) is 25.6 Å². The van der Waals surface area contributed by atoms with Gasteiger partial charge in [-0.1, -0.05) is 5.16 Å². The third kappa shape index (κ3) is 1.52. The van der Waals surface area contributed by atoms with E-state index in [1.165, 1.54) is 20.4 Å². The Morgan fingerprint density at radius 1 is 1.50 bits per heavy atom. The van der Waals surface area contributed by atoms with Crippen molar-refractivity contribution < 1.29 is 19.1 Å². The van der Waals surface area contributed by atoms with Crippen molar-refractivity contribution in [2.45, 2.75) is 0 Å². The first-order chi connectivity index (χ1) is 7.77. The van der Waals surface area contributed by atoms with Crippen molar-refractivity contribution in [3.8, 4) is 5.75 Å². The van der Waals surface area contributed by atoms with E-state index in [1.54, 1.807) is 12.1 Å². The number of benzene rings is 1. The van der Waals surface area contributed by atoms with Gasteiger partial charge in [0, 0.05) is 0 Å². The minimum absolute atomic E-state index is 0.250. The van der Waals surface area contributed by atoms with Crippen molar-refractivity contribution in [2.75, 3.05) is 14.2 Å². The van der Waals surface area contributed by atoms with E-state index in [0.717, 1.165) is 0 Å². The maximum atomic E-state index is 11.4.